The molecule has 8 heteroatoms. The Balaban J connectivity index is 2.28. The molecule has 0 radical (unpaired) electrons. The first kappa shape index (κ1) is 14.0. The van der Waals surface area contributed by atoms with Gasteiger partial charge in [0, 0.05) is 6.42 Å². The molecule has 0 amide bonds. The first-order valence-corrected chi connectivity index (χ1v) is 7.71. The third-order valence-electron chi connectivity index (χ3n) is 2.40. The third-order valence-corrected chi connectivity index (χ3v) is 4.34. The minimum absolute atomic E-state index is 0.0484. The Labute approximate surface area is 118 Å². The molecule has 0 unspecified atom stereocenters. The number of aromatic nitrogens is 2. The molecular formula is C11H11BrFN3O2S. The number of hydrogen-bond acceptors (Lipinski definition) is 3. The predicted octanol–water partition coefficient (Wildman–Crippen LogP) is 2.67. The molecule has 2 aromatic rings. The normalized spacial score (nSPS) is 11.5. The lowest BCUT2D eigenvalue weighted by Gasteiger charge is -2.06. The van der Waals surface area contributed by atoms with Gasteiger partial charge in [-0.25, -0.2) is 9.37 Å². The third kappa shape index (κ3) is 3.13. The summed E-state index contributed by atoms with van der Waals surface area (Å²) in [5.74, 6) is 0.0291. The van der Waals surface area contributed by atoms with Gasteiger partial charge in [-0.1, -0.05) is 6.92 Å². The van der Waals surface area contributed by atoms with Crippen molar-refractivity contribution in [3.8, 4) is 0 Å². The van der Waals surface area contributed by atoms with Crippen LogP contribution >= 0.6 is 15.9 Å². The Morgan fingerprint density at radius 1 is 1.47 bits per heavy atom. The quantitative estimate of drug-likeness (QED) is 0.892. The van der Waals surface area contributed by atoms with Crippen molar-refractivity contribution >= 4 is 31.6 Å². The van der Waals surface area contributed by atoms with Crippen molar-refractivity contribution in [1.29, 1.82) is 0 Å². The molecule has 102 valence electrons. The standard InChI is InChI=1S/C11H11BrFN3O2S/c1-2-10-14-6-11(15-10)19(17,18)16-7-3-4-8(12)9(13)5-7/h3-6,16H,2H2,1H3,(H,14,15). The van der Waals surface area contributed by atoms with Gasteiger partial charge in [0.1, 0.15) is 11.6 Å². The molecule has 2 rings (SSSR count). The fourth-order valence-electron chi connectivity index (χ4n) is 1.43. The summed E-state index contributed by atoms with van der Waals surface area (Å²) in [5.41, 5.74) is 0.147. The number of imidazole rings is 1. The number of anilines is 1. The van der Waals surface area contributed by atoms with Gasteiger partial charge in [-0.15, -0.1) is 0 Å². The summed E-state index contributed by atoms with van der Waals surface area (Å²) < 4.78 is 39.9. The Bertz CT molecular complexity index is 700. The van der Waals surface area contributed by atoms with E-state index in [1.54, 1.807) is 0 Å². The summed E-state index contributed by atoms with van der Waals surface area (Å²) >= 11 is 3.00. The van der Waals surface area contributed by atoms with Crippen LogP contribution in [0.4, 0.5) is 10.1 Å². The largest absolute Gasteiger partial charge is 0.332 e. The highest BCUT2D eigenvalue weighted by atomic mass is 79.9. The van der Waals surface area contributed by atoms with Crippen LogP contribution in [-0.2, 0) is 16.4 Å². The number of halogens is 2. The lowest BCUT2D eigenvalue weighted by molar-refractivity contribution is 0.597. The van der Waals surface area contributed by atoms with E-state index < -0.39 is 15.8 Å². The highest BCUT2D eigenvalue weighted by Crippen LogP contribution is 2.21. The van der Waals surface area contributed by atoms with Gasteiger partial charge in [0.2, 0.25) is 0 Å². The number of aromatic amines is 1. The zero-order valence-electron chi connectivity index (χ0n) is 9.94. The Kier molecular flexibility index (Phi) is 3.91. The lowest BCUT2D eigenvalue weighted by Crippen LogP contribution is -2.13. The van der Waals surface area contributed by atoms with Crippen molar-refractivity contribution in [2.24, 2.45) is 0 Å². The highest BCUT2D eigenvalue weighted by molar-refractivity contribution is 9.10. The van der Waals surface area contributed by atoms with Crippen LogP contribution in [0.2, 0.25) is 0 Å². The molecule has 2 N–H and O–H groups in total. The number of benzene rings is 1. The molecule has 1 aromatic carbocycles. The number of nitrogens with zero attached hydrogens (tertiary/aromatic N) is 1. The maximum absolute atomic E-state index is 13.3. The number of hydrogen-bond donors (Lipinski definition) is 2. The van der Waals surface area contributed by atoms with Crippen molar-refractivity contribution in [3.05, 3.63) is 40.5 Å². The second-order valence-corrected chi connectivity index (χ2v) is 6.29. The summed E-state index contributed by atoms with van der Waals surface area (Å²) in [5, 5.41) is -0.0484. The zero-order valence-corrected chi connectivity index (χ0v) is 12.3. The van der Waals surface area contributed by atoms with Crippen LogP contribution in [0.15, 0.2) is 33.9 Å². The van der Waals surface area contributed by atoms with Gasteiger partial charge in [0.15, 0.2) is 5.03 Å². The van der Waals surface area contributed by atoms with E-state index in [4.69, 9.17) is 0 Å². The van der Waals surface area contributed by atoms with E-state index in [1.807, 2.05) is 6.92 Å². The molecule has 0 saturated carbocycles. The number of sulfonamides is 1. The van der Waals surface area contributed by atoms with Crippen LogP contribution in [0.1, 0.15) is 12.7 Å². The monoisotopic (exact) mass is 347 g/mol. The van der Waals surface area contributed by atoms with E-state index in [0.717, 1.165) is 6.07 Å². The lowest BCUT2D eigenvalue weighted by atomic mass is 10.3. The molecule has 0 fully saturated rings. The first-order valence-electron chi connectivity index (χ1n) is 5.44. The van der Waals surface area contributed by atoms with E-state index in [-0.39, 0.29) is 15.2 Å². The van der Waals surface area contributed by atoms with Crippen molar-refractivity contribution in [3.63, 3.8) is 0 Å². The molecule has 19 heavy (non-hydrogen) atoms. The molecule has 1 heterocycles. The number of rotatable bonds is 4. The van der Waals surface area contributed by atoms with Gasteiger partial charge in [-0.2, -0.15) is 8.42 Å². The van der Waals surface area contributed by atoms with Crippen LogP contribution in [-0.4, -0.2) is 18.4 Å². The second kappa shape index (κ2) is 5.30. The molecule has 0 aliphatic rings. The number of aryl methyl sites for hydroxylation is 1. The predicted molar refractivity (Wildman–Crippen MR) is 72.9 cm³/mol. The van der Waals surface area contributed by atoms with Crippen LogP contribution in [0, 0.1) is 5.82 Å². The van der Waals surface area contributed by atoms with E-state index in [0.29, 0.717) is 12.2 Å². The van der Waals surface area contributed by atoms with Crippen molar-refractivity contribution in [2.45, 2.75) is 18.4 Å². The fourth-order valence-corrected chi connectivity index (χ4v) is 2.67. The van der Waals surface area contributed by atoms with Gasteiger partial charge in [-0.05, 0) is 34.1 Å². The van der Waals surface area contributed by atoms with Gasteiger partial charge >= 0.3 is 0 Å². The molecule has 0 aliphatic carbocycles. The minimum atomic E-state index is -3.78. The van der Waals surface area contributed by atoms with Crippen molar-refractivity contribution in [1.82, 2.24) is 9.97 Å². The smallest absolute Gasteiger partial charge is 0.278 e. The first-order chi connectivity index (χ1) is 8.92. The summed E-state index contributed by atoms with van der Waals surface area (Å²) in [6, 6.07) is 3.98. The average molecular weight is 348 g/mol. The molecule has 0 atom stereocenters. The molecule has 0 saturated heterocycles. The van der Waals surface area contributed by atoms with Gasteiger partial charge < -0.3 is 4.98 Å². The molecule has 0 bridgehead atoms. The Hall–Kier alpha value is -1.41. The van der Waals surface area contributed by atoms with E-state index in [2.05, 4.69) is 30.6 Å². The van der Waals surface area contributed by atoms with Crippen LogP contribution in [0.25, 0.3) is 0 Å². The summed E-state index contributed by atoms with van der Waals surface area (Å²) in [7, 11) is -3.78. The molecular weight excluding hydrogens is 337 g/mol. The van der Waals surface area contributed by atoms with Crippen molar-refractivity contribution < 1.29 is 12.8 Å². The van der Waals surface area contributed by atoms with E-state index >= 15 is 0 Å². The van der Waals surface area contributed by atoms with Gasteiger partial charge in [0.25, 0.3) is 10.0 Å². The topological polar surface area (TPSA) is 74.8 Å². The second-order valence-electron chi connectivity index (χ2n) is 3.78. The van der Waals surface area contributed by atoms with E-state index in [9.17, 15) is 12.8 Å². The van der Waals surface area contributed by atoms with Gasteiger partial charge in [0.05, 0.1) is 16.4 Å². The molecule has 5 nitrogen and oxygen atoms in total. The summed E-state index contributed by atoms with van der Waals surface area (Å²) in [4.78, 5) is 6.60. The zero-order chi connectivity index (χ0) is 14.0. The van der Waals surface area contributed by atoms with E-state index in [1.165, 1.54) is 18.3 Å². The minimum Gasteiger partial charge on any atom is -0.332 e. The highest BCUT2D eigenvalue weighted by Gasteiger charge is 2.17. The fraction of sp³-hybridized carbons (Fsp3) is 0.182. The molecule has 1 aromatic heterocycles. The van der Waals surface area contributed by atoms with Crippen LogP contribution in [0.3, 0.4) is 0 Å². The van der Waals surface area contributed by atoms with Crippen LogP contribution in [0.5, 0.6) is 0 Å². The maximum Gasteiger partial charge on any atom is 0.278 e. The summed E-state index contributed by atoms with van der Waals surface area (Å²) in [6.07, 6.45) is 1.83. The van der Waals surface area contributed by atoms with Gasteiger partial charge in [-0.3, -0.25) is 4.72 Å². The SMILES string of the molecule is CCc1ncc(S(=O)(=O)Nc2ccc(Br)c(F)c2)[nH]1. The molecule has 0 spiro atoms. The Morgan fingerprint density at radius 2 is 2.21 bits per heavy atom. The molecule has 0 aliphatic heterocycles. The number of nitrogens with one attached hydrogen (secondary N) is 2. The maximum atomic E-state index is 13.3. The Morgan fingerprint density at radius 3 is 2.79 bits per heavy atom. The number of H-pyrrole nitrogens is 1. The average Bonchev–Trinajstić information content (AvgIpc) is 2.83. The van der Waals surface area contributed by atoms with Crippen molar-refractivity contribution in [2.75, 3.05) is 4.72 Å². The van der Waals surface area contributed by atoms with Crippen LogP contribution < -0.4 is 4.72 Å². The summed E-state index contributed by atoms with van der Waals surface area (Å²) in [6.45, 7) is 1.85.